The second-order valence-electron chi connectivity index (χ2n) is 8.19. The van der Waals surface area contributed by atoms with Crippen molar-refractivity contribution < 1.29 is 40.7 Å². The van der Waals surface area contributed by atoms with Gasteiger partial charge in [-0.05, 0) is 67.0 Å². The molecule has 1 atom stereocenters. The number of nitrogens with one attached hydrogen (secondary N) is 2. The highest BCUT2D eigenvalue weighted by atomic mass is 127. The van der Waals surface area contributed by atoms with Gasteiger partial charge in [0, 0.05) is 14.9 Å². The van der Waals surface area contributed by atoms with E-state index in [0.717, 1.165) is 6.07 Å². The number of thioether (sulfide) groups is 1. The molecule has 0 bridgehead atoms. The van der Waals surface area contributed by atoms with Crippen LogP contribution in [0.4, 0.5) is 32.0 Å². The Morgan fingerprint density at radius 2 is 1.68 bits per heavy atom. The van der Waals surface area contributed by atoms with Crippen LogP contribution in [0.1, 0.15) is 34.6 Å². The van der Waals surface area contributed by atoms with Crippen molar-refractivity contribution in [3.05, 3.63) is 55.1 Å². The highest BCUT2D eigenvalue weighted by Crippen LogP contribution is 2.42. The SMILES string of the molecule is CSCC(C)(C)NC(=O)c1c(I)cccc1C(=O)Nc1ccc(OC(F)(F)C(F)C(F)(F)F)c(Cl)c1Cl. The molecule has 2 aromatic rings. The fraction of sp³-hybridized carbons (Fsp3) is 0.364. The number of amides is 2. The number of ether oxygens (including phenoxy) is 1. The van der Waals surface area contributed by atoms with Crippen molar-refractivity contribution in [3.8, 4) is 5.75 Å². The van der Waals surface area contributed by atoms with Gasteiger partial charge < -0.3 is 15.4 Å². The van der Waals surface area contributed by atoms with Crippen LogP contribution in [0.3, 0.4) is 0 Å². The van der Waals surface area contributed by atoms with Gasteiger partial charge in [0.05, 0.1) is 21.8 Å². The molecule has 2 aromatic carbocycles. The number of rotatable bonds is 9. The van der Waals surface area contributed by atoms with Crippen LogP contribution in [0.15, 0.2) is 30.3 Å². The molecule has 0 radical (unpaired) electrons. The first-order valence-electron chi connectivity index (χ1n) is 10.1. The molecule has 0 spiro atoms. The van der Waals surface area contributed by atoms with E-state index in [-0.39, 0.29) is 16.8 Å². The molecular weight excluding hydrogens is 684 g/mol. The number of carbonyl (C=O) groups excluding carboxylic acids is 2. The van der Waals surface area contributed by atoms with Crippen LogP contribution >= 0.6 is 57.6 Å². The lowest BCUT2D eigenvalue weighted by Crippen LogP contribution is -2.46. The van der Waals surface area contributed by atoms with E-state index < -0.39 is 51.6 Å². The minimum atomic E-state index is -5.89. The molecule has 0 heterocycles. The predicted molar refractivity (Wildman–Crippen MR) is 140 cm³/mol. The summed E-state index contributed by atoms with van der Waals surface area (Å²) in [6.07, 6.45) is -13.9. The summed E-state index contributed by atoms with van der Waals surface area (Å²) in [6, 6.07) is 6.13. The van der Waals surface area contributed by atoms with Gasteiger partial charge in [0.15, 0.2) is 0 Å². The van der Waals surface area contributed by atoms with Gasteiger partial charge in [-0.25, -0.2) is 4.39 Å². The van der Waals surface area contributed by atoms with Crippen LogP contribution in [-0.2, 0) is 0 Å². The smallest absolute Gasteiger partial charge is 0.428 e. The van der Waals surface area contributed by atoms with Crippen LogP contribution in [0, 0.1) is 3.57 Å². The summed E-state index contributed by atoms with van der Waals surface area (Å²) in [5.41, 5.74) is -0.803. The lowest BCUT2D eigenvalue weighted by molar-refractivity contribution is -0.304. The molecule has 204 valence electrons. The van der Waals surface area contributed by atoms with E-state index in [1.54, 1.807) is 6.07 Å². The molecule has 0 aliphatic rings. The second kappa shape index (κ2) is 12.1. The van der Waals surface area contributed by atoms with Crippen molar-refractivity contribution in [1.82, 2.24) is 5.32 Å². The monoisotopic (exact) mass is 702 g/mol. The summed E-state index contributed by atoms with van der Waals surface area (Å²) in [5.74, 6) is -1.79. The van der Waals surface area contributed by atoms with E-state index in [9.17, 15) is 35.9 Å². The standard InChI is InChI=1S/C22H19Cl2F6IN2O3S/c1-20(2,9-37-3)33-18(35)14-10(5-4-6-11(14)31)17(34)32-12-7-8-13(16(24)15(12)23)36-22(29,30)19(25)21(26,27)28/h4-8,19H,9H2,1-3H3,(H,32,34)(H,33,35). The molecule has 0 fully saturated rings. The van der Waals surface area contributed by atoms with Crippen LogP contribution in [-0.4, -0.2) is 47.8 Å². The summed E-state index contributed by atoms with van der Waals surface area (Å²) in [4.78, 5) is 26.0. The molecule has 37 heavy (non-hydrogen) atoms. The Morgan fingerprint density at radius 1 is 1.05 bits per heavy atom. The van der Waals surface area contributed by atoms with Gasteiger partial charge in [-0.3, -0.25) is 9.59 Å². The van der Waals surface area contributed by atoms with Crippen molar-refractivity contribution >= 4 is 75.1 Å². The molecular formula is C22H19Cl2F6IN2O3S. The highest BCUT2D eigenvalue weighted by molar-refractivity contribution is 14.1. The van der Waals surface area contributed by atoms with E-state index in [1.807, 2.05) is 42.7 Å². The number of carbonyl (C=O) groups is 2. The molecule has 1 unspecified atom stereocenters. The number of hydrogen-bond acceptors (Lipinski definition) is 4. The Bertz CT molecular complexity index is 1180. The topological polar surface area (TPSA) is 67.4 Å². The van der Waals surface area contributed by atoms with Crippen LogP contribution in [0.5, 0.6) is 5.75 Å². The number of alkyl halides is 6. The molecule has 15 heteroatoms. The van der Waals surface area contributed by atoms with Crippen LogP contribution in [0.2, 0.25) is 10.0 Å². The quantitative estimate of drug-likeness (QED) is 0.209. The Kier molecular flexibility index (Phi) is 10.3. The normalized spacial score (nSPS) is 13.2. The van der Waals surface area contributed by atoms with Crippen molar-refractivity contribution in [3.63, 3.8) is 0 Å². The van der Waals surface area contributed by atoms with Crippen LogP contribution < -0.4 is 15.4 Å². The molecule has 0 saturated carbocycles. The maximum absolute atomic E-state index is 13.6. The Hall–Kier alpha value is -1.58. The minimum Gasteiger partial charge on any atom is -0.428 e. The maximum Gasteiger partial charge on any atom is 0.439 e. The van der Waals surface area contributed by atoms with Gasteiger partial charge in [0.25, 0.3) is 18.0 Å². The molecule has 2 rings (SSSR count). The summed E-state index contributed by atoms with van der Waals surface area (Å²) in [5, 5.41) is 3.86. The first-order chi connectivity index (χ1) is 16.9. The van der Waals surface area contributed by atoms with Crippen molar-refractivity contribution in [1.29, 1.82) is 0 Å². The van der Waals surface area contributed by atoms with Crippen LogP contribution in [0.25, 0.3) is 0 Å². The summed E-state index contributed by atoms with van der Waals surface area (Å²) >= 11 is 15.3. The number of hydrogen-bond donors (Lipinski definition) is 2. The first kappa shape index (κ1) is 31.6. The summed E-state index contributed by atoms with van der Waals surface area (Å²) < 4.78 is 81.9. The van der Waals surface area contributed by atoms with Gasteiger partial charge in [-0.1, -0.05) is 29.3 Å². The Morgan fingerprint density at radius 3 is 2.24 bits per heavy atom. The van der Waals surface area contributed by atoms with E-state index in [1.165, 1.54) is 23.9 Å². The third kappa shape index (κ3) is 7.96. The summed E-state index contributed by atoms with van der Waals surface area (Å²) in [7, 11) is 0. The molecule has 0 aliphatic carbocycles. The zero-order valence-corrected chi connectivity index (χ0v) is 23.7. The minimum absolute atomic E-state index is 0.0474. The highest BCUT2D eigenvalue weighted by Gasteiger charge is 2.59. The zero-order chi connectivity index (χ0) is 28.3. The molecule has 2 amide bonds. The lowest BCUT2D eigenvalue weighted by atomic mass is 10.0. The van der Waals surface area contributed by atoms with E-state index in [0.29, 0.717) is 15.4 Å². The fourth-order valence-electron chi connectivity index (χ4n) is 3.00. The summed E-state index contributed by atoms with van der Waals surface area (Å²) in [6.45, 7) is 3.62. The Balaban J connectivity index is 2.34. The zero-order valence-electron chi connectivity index (χ0n) is 19.2. The number of anilines is 1. The maximum atomic E-state index is 13.6. The van der Waals surface area contributed by atoms with Gasteiger partial charge >= 0.3 is 12.3 Å². The number of halogens is 9. The molecule has 5 nitrogen and oxygen atoms in total. The van der Waals surface area contributed by atoms with E-state index in [2.05, 4.69) is 15.4 Å². The van der Waals surface area contributed by atoms with Crippen molar-refractivity contribution in [2.24, 2.45) is 0 Å². The largest absolute Gasteiger partial charge is 0.439 e. The fourth-order valence-corrected chi connectivity index (χ4v) is 4.94. The third-order valence-corrected chi connectivity index (χ3v) is 7.34. The van der Waals surface area contributed by atoms with Gasteiger partial charge in [0.1, 0.15) is 10.8 Å². The molecule has 0 aliphatic heterocycles. The molecule has 0 saturated heterocycles. The third-order valence-electron chi connectivity index (χ3n) is 4.57. The first-order valence-corrected chi connectivity index (χ1v) is 13.3. The van der Waals surface area contributed by atoms with E-state index in [4.69, 9.17) is 23.2 Å². The lowest BCUT2D eigenvalue weighted by Gasteiger charge is -2.26. The van der Waals surface area contributed by atoms with Gasteiger partial charge in [0.2, 0.25) is 0 Å². The average Bonchev–Trinajstić information content (AvgIpc) is 2.76. The number of benzene rings is 2. The second-order valence-corrected chi connectivity index (χ2v) is 11.0. The Labute approximate surface area is 236 Å². The van der Waals surface area contributed by atoms with Crippen molar-refractivity contribution in [2.75, 3.05) is 17.3 Å². The molecule has 0 aromatic heterocycles. The van der Waals surface area contributed by atoms with E-state index >= 15 is 0 Å². The van der Waals surface area contributed by atoms with Gasteiger partial charge in [-0.15, -0.1) is 0 Å². The predicted octanol–water partition coefficient (Wildman–Crippen LogP) is 7.59. The average molecular weight is 703 g/mol. The molecule has 2 N–H and O–H groups in total. The van der Waals surface area contributed by atoms with Crippen molar-refractivity contribution in [2.45, 2.75) is 37.8 Å². The van der Waals surface area contributed by atoms with Gasteiger partial charge in [-0.2, -0.15) is 33.7 Å².